The molecule has 2 nitrogen and oxygen atoms in total. The zero-order valence-electron chi connectivity index (χ0n) is 8.83. The molecule has 0 amide bonds. The molecule has 5 heteroatoms. The number of halogens is 2. The molecule has 0 aliphatic rings. The molecule has 2 rings (SSSR count). The number of aromatic carboxylic acids is 1. The van der Waals surface area contributed by atoms with Crippen LogP contribution in [-0.2, 0) is 0 Å². The van der Waals surface area contributed by atoms with E-state index in [4.69, 9.17) is 28.3 Å². The number of carboxylic acid groups (broad SMARTS) is 1. The molecule has 0 aliphatic carbocycles. The Labute approximate surface area is 112 Å². The van der Waals surface area contributed by atoms with Crippen LogP contribution in [0.3, 0.4) is 0 Å². The van der Waals surface area contributed by atoms with E-state index in [9.17, 15) is 4.79 Å². The van der Waals surface area contributed by atoms with Crippen molar-refractivity contribution in [2.24, 2.45) is 0 Å². The van der Waals surface area contributed by atoms with E-state index in [0.717, 1.165) is 16.0 Å². The van der Waals surface area contributed by atoms with E-state index in [1.165, 1.54) is 11.3 Å². The van der Waals surface area contributed by atoms with Crippen LogP contribution in [0.2, 0.25) is 10.0 Å². The summed E-state index contributed by atoms with van der Waals surface area (Å²) < 4.78 is 0. The van der Waals surface area contributed by atoms with Crippen molar-refractivity contribution in [1.29, 1.82) is 0 Å². The summed E-state index contributed by atoms with van der Waals surface area (Å²) in [6.45, 7) is 1.88. The highest BCUT2D eigenvalue weighted by Crippen LogP contribution is 2.35. The second-order valence-electron chi connectivity index (χ2n) is 3.56. The minimum absolute atomic E-state index is 0.323. The highest BCUT2D eigenvalue weighted by atomic mass is 35.5. The van der Waals surface area contributed by atoms with Crippen LogP contribution in [0, 0.1) is 6.92 Å². The third-order valence-corrected chi connectivity index (χ3v) is 4.32. The van der Waals surface area contributed by atoms with E-state index in [2.05, 4.69) is 0 Å². The summed E-state index contributed by atoms with van der Waals surface area (Å²) in [6.07, 6.45) is 0. The Bertz CT molecular complexity index is 590. The summed E-state index contributed by atoms with van der Waals surface area (Å²) in [5.41, 5.74) is 1.81. The third kappa shape index (κ3) is 2.46. The first-order valence-corrected chi connectivity index (χ1v) is 6.35. The maximum absolute atomic E-state index is 10.9. The number of benzene rings is 1. The zero-order chi connectivity index (χ0) is 12.6. The molecule has 0 bridgehead atoms. The van der Waals surface area contributed by atoms with Gasteiger partial charge in [0.25, 0.3) is 0 Å². The quantitative estimate of drug-likeness (QED) is 0.867. The highest BCUT2D eigenvalue weighted by molar-refractivity contribution is 7.17. The van der Waals surface area contributed by atoms with Crippen molar-refractivity contribution in [3.63, 3.8) is 0 Å². The summed E-state index contributed by atoms with van der Waals surface area (Å²) >= 11 is 13.0. The van der Waals surface area contributed by atoms with Gasteiger partial charge in [-0.3, -0.25) is 0 Å². The van der Waals surface area contributed by atoms with E-state index in [1.54, 1.807) is 18.2 Å². The van der Waals surface area contributed by atoms with Crippen molar-refractivity contribution in [3.8, 4) is 10.4 Å². The number of carboxylic acids is 1. The Morgan fingerprint density at radius 2 is 1.94 bits per heavy atom. The molecule has 0 unspecified atom stereocenters. The normalized spacial score (nSPS) is 10.5. The Morgan fingerprint density at radius 3 is 2.47 bits per heavy atom. The van der Waals surface area contributed by atoms with E-state index >= 15 is 0 Å². The van der Waals surface area contributed by atoms with Gasteiger partial charge in [0.05, 0.1) is 10.0 Å². The molecule has 1 aromatic carbocycles. The van der Waals surface area contributed by atoms with Crippen LogP contribution in [0.5, 0.6) is 0 Å². The van der Waals surface area contributed by atoms with Crippen molar-refractivity contribution in [2.45, 2.75) is 6.92 Å². The fraction of sp³-hybridized carbons (Fsp3) is 0.0833. The smallest absolute Gasteiger partial charge is 0.345 e. The predicted molar refractivity (Wildman–Crippen MR) is 71.5 cm³/mol. The molecule has 0 aliphatic heterocycles. The first-order valence-electron chi connectivity index (χ1n) is 4.78. The maximum Gasteiger partial charge on any atom is 0.345 e. The van der Waals surface area contributed by atoms with Gasteiger partial charge in [-0.05, 0) is 36.2 Å². The Morgan fingerprint density at radius 1 is 1.24 bits per heavy atom. The molecule has 0 saturated heterocycles. The summed E-state index contributed by atoms with van der Waals surface area (Å²) in [4.78, 5) is 12.1. The average Bonchev–Trinajstić information content (AvgIpc) is 2.65. The third-order valence-electron chi connectivity index (χ3n) is 2.31. The van der Waals surface area contributed by atoms with Gasteiger partial charge < -0.3 is 5.11 Å². The number of hydrogen-bond acceptors (Lipinski definition) is 2. The Kier molecular flexibility index (Phi) is 3.43. The van der Waals surface area contributed by atoms with Gasteiger partial charge in [-0.15, -0.1) is 11.3 Å². The second kappa shape index (κ2) is 4.69. The minimum Gasteiger partial charge on any atom is -0.477 e. The van der Waals surface area contributed by atoms with Gasteiger partial charge in [0.2, 0.25) is 0 Å². The molecular formula is C12H8Cl2O2S. The van der Waals surface area contributed by atoms with E-state index < -0.39 is 5.97 Å². The molecule has 0 fully saturated rings. The molecule has 1 aromatic heterocycles. The molecule has 88 valence electrons. The standard InChI is InChI=1S/C12H8Cl2O2S/c1-6-4-10(12(15)16)17-11(6)7-2-3-8(13)9(14)5-7/h2-5H,1H3,(H,15,16). The van der Waals surface area contributed by atoms with Crippen LogP contribution >= 0.6 is 34.5 Å². The van der Waals surface area contributed by atoms with Gasteiger partial charge in [0, 0.05) is 4.88 Å². The monoisotopic (exact) mass is 286 g/mol. The van der Waals surface area contributed by atoms with Crippen LogP contribution in [-0.4, -0.2) is 11.1 Å². The molecule has 17 heavy (non-hydrogen) atoms. The van der Waals surface area contributed by atoms with Crippen molar-refractivity contribution >= 4 is 40.5 Å². The molecule has 0 saturated carbocycles. The van der Waals surface area contributed by atoms with Gasteiger partial charge in [0.15, 0.2) is 0 Å². The van der Waals surface area contributed by atoms with Crippen LogP contribution < -0.4 is 0 Å². The van der Waals surface area contributed by atoms with Crippen molar-refractivity contribution in [3.05, 3.63) is 44.8 Å². The van der Waals surface area contributed by atoms with Crippen LogP contribution in [0.15, 0.2) is 24.3 Å². The predicted octanol–water partition coefficient (Wildman–Crippen LogP) is 4.73. The van der Waals surface area contributed by atoms with Gasteiger partial charge in [-0.1, -0.05) is 29.3 Å². The number of thiophene rings is 1. The van der Waals surface area contributed by atoms with Crippen LogP contribution in [0.4, 0.5) is 0 Å². The number of carbonyl (C=O) groups is 1. The molecule has 2 aromatic rings. The van der Waals surface area contributed by atoms with Crippen molar-refractivity contribution in [1.82, 2.24) is 0 Å². The Balaban J connectivity index is 2.52. The van der Waals surface area contributed by atoms with E-state index in [-0.39, 0.29) is 0 Å². The summed E-state index contributed by atoms with van der Waals surface area (Å²) in [7, 11) is 0. The zero-order valence-corrected chi connectivity index (χ0v) is 11.2. The first-order chi connectivity index (χ1) is 7.99. The van der Waals surface area contributed by atoms with Crippen LogP contribution in [0.1, 0.15) is 15.2 Å². The fourth-order valence-corrected chi connectivity index (χ4v) is 2.82. The van der Waals surface area contributed by atoms with E-state index in [0.29, 0.717) is 14.9 Å². The number of aryl methyl sites for hydroxylation is 1. The fourth-order valence-electron chi connectivity index (χ4n) is 1.51. The molecular weight excluding hydrogens is 279 g/mol. The highest BCUT2D eigenvalue weighted by Gasteiger charge is 2.13. The van der Waals surface area contributed by atoms with Gasteiger partial charge >= 0.3 is 5.97 Å². The lowest BCUT2D eigenvalue weighted by Crippen LogP contribution is -1.89. The topological polar surface area (TPSA) is 37.3 Å². The molecule has 1 N–H and O–H groups in total. The number of rotatable bonds is 2. The summed E-state index contributed by atoms with van der Waals surface area (Å²) in [5.74, 6) is -0.913. The molecule has 0 spiro atoms. The SMILES string of the molecule is Cc1cc(C(=O)O)sc1-c1ccc(Cl)c(Cl)c1. The molecule has 0 radical (unpaired) electrons. The van der Waals surface area contributed by atoms with Gasteiger partial charge in [0.1, 0.15) is 4.88 Å². The van der Waals surface area contributed by atoms with Gasteiger partial charge in [-0.2, -0.15) is 0 Å². The molecule has 1 heterocycles. The summed E-state index contributed by atoms with van der Waals surface area (Å²) in [6, 6.07) is 6.94. The number of hydrogen-bond donors (Lipinski definition) is 1. The van der Waals surface area contributed by atoms with Crippen molar-refractivity contribution < 1.29 is 9.90 Å². The van der Waals surface area contributed by atoms with Crippen LogP contribution in [0.25, 0.3) is 10.4 Å². The lowest BCUT2D eigenvalue weighted by molar-refractivity contribution is 0.0702. The molecule has 0 atom stereocenters. The lowest BCUT2D eigenvalue weighted by Gasteiger charge is -2.01. The Hall–Kier alpha value is -1.03. The average molecular weight is 287 g/mol. The second-order valence-corrected chi connectivity index (χ2v) is 5.42. The summed E-state index contributed by atoms with van der Waals surface area (Å²) in [5, 5.41) is 9.89. The van der Waals surface area contributed by atoms with Crippen molar-refractivity contribution in [2.75, 3.05) is 0 Å². The minimum atomic E-state index is -0.913. The van der Waals surface area contributed by atoms with E-state index in [1.807, 2.05) is 13.0 Å². The largest absolute Gasteiger partial charge is 0.477 e. The van der Waals surface area contributed by atoms with Gasteiger partial charge in [-0.25, -0.2) is 4.79 Å². The maximum atomic E-state index is 10.9. The lowest BCUT2D eigenvalue weighted by atomic mass is 10.1. The first kappa shape index (κ1) is 12.4.